The standard InChI is InChI=1S/C11H17BrN2S/c1-8-5-6-13-11(10(8)12)14(3)9(2)7-15-4/h5-6,9H,7H2,1-4H3. The van der Waals surface area contributed by atoms with E-state index in [-0.39, 0.29) is 0 Å². The molecule has 1 heterocycles. The summed E-state index contributed by atoms with van der Waals surface area (Å²) in [5.74, 6) is 2.13. The molecule has 1 aromatic heterocycles. The number of thioether (sulfide) groups is 1. The second-order valence-corrected chi connectivity index (χ2v) is 5.38. The highest BCUT2D eigenvalue weighted by Gasteiger charge is 2.14. The fourth-order valence-corrected chi connectivity index (χ4v) is 2.55. The van der Waals surface area contributed by atoms with E-state index in [0.29, 0.717) is 6.04 Å². The Morgan fingerprint density at radius 2 is 2.27 bits per heavy atom. The van der Waals surface area contributed by atoms with Gasteiger partial charge in [-0.25, -0.2) is 4.98 Å². The lowest BCUT2D eigenvalue weighted by Crippen LogP contribution is -2.31. The third kappa shape index (κ3) is 3.11. The van der Waals surface area contributed by atoms with E-state index in [2.05, 4.69) is 53.0 Å². The molecule has 1 rings (SSSR count). The van der Waals surface area contributed by atoms with E-state index < -0.39 is 0 Å². The molecule has 1 atom stereocenters. The third-order valence-electron chi connectivity index (χ3n) is 2.47. The van der Waals surface area contributed by atoms with Crippen LogP contribution in [0.5, 0.6) is 0 Å². The van der Waals surface area contributed by atoms with Gasteiger partial charge in [0.25, 0.3) is 0 Å². The molecule has 15 heavy (non-hydrogen) atoms. The molecule has 0 aromatic carbocycles. The topological polar surface area (TPSA) is 16.1 Å². The second kappa shape index (κ2) is 5.75. The Labute approximate surface area is 105 Å². The van der Waals surface area contributed by atoms with Gasteiger partial charge in [-0.05, 0) is 47.7 Å². The first-order valence-electron chi connectivity index (χ1n) is 4.90. The number of nitrogens with zero attached hydrogens (tertiary/aromatic N) is 2. The molecule has 1 unspecified atom stereocenters. The van der Waals surface area contributed by atoms with Crippen LogP contribution in [0.2, 0.25) is 0 Å². The first-order valence-corrected chi connectivity index (χ1v) is 7.09. The van der Waals surface area contributed by atoms with Crippen molar-refractivity contribution in [3.63, 3.8) is 0 Å². The fourth-order valence-electron chi connectivity index (χ4n) is 1.33. The Hall–Kier alpha value is -0.220. The van der Waals surface area contributed by atoms with Crippen molar-refractivity contribution in [2.45, 2.75) is 19.9 Å². The predicted octanol–water partition coefficient (Wildman–Crippen LogP) is 3.34. The van der Waals surface area contributed by atoms with Crippen molar-refractivity contribution in [3.8, 4) is 0 Å². The molecule has 0 amide bonds. The third-order valence-corrected chi connectivity index (χ3v) is 4.26. The van der Waals surface area contributed by atoms with E-state index in [1.807, 2.05) is 24.0 Å². The van der Waals surface area contributed by atoms with Gasteiger partial charge in [0.1, 0.15) is 5.82 Å². The highest BCUT2D eigenvalue weighted by Crippen LogP contribution is 2.27. The van der Waals surface area contributed by atoms with E-state index in [9.17, 15) is 0 Å². The van der Waals surface area contributed by atoms with Crippen LogP contribution >= 0.6 is 27.7 Å². The Balaban J connectivity index is 2.90. The zero-order chi connectivity index (χ0) is 11.4. The van der Waals surface area contributed by atoms with Crippen molar-refractivity contribution >= 4 is 33.5 Å². The summed E-state index contributed by atoms with van der Waals surface area (Å²) >= 11 is 5.45. The molecule has 0 aliphatic rings. The lowest BCUT2D eigenvalue weighted by Gasteiger charge is -2.26. The zero-order valence-corrected chi connectivity index (χ0v) is 12.0. The van der Waals surface area contributed by atoms with Gasteiger partial charge in [-0.3, -0.25) is 0 Å². The Morgan fingerprint density at radius 3 is 2.87 bits per heavy atom. The highest BCUT2D eigenvalue weighted by atomic mass is 79.9. The molecule has 84 valence electrons. The van der Waals surface area contributed by atoms with Crippen molar-refractivity contribution < 1.29 is 0 Å². The molecule has 0 saturated carbocycles. The first kappa shape index (κ1) is 12.8. The molecule has 0 saturated heterocycles. The summed E-state index contributed by atoms with van der Waals surface area (Å²) in [5, 5.41) is 0. The number of pyridine rings is 1. The second-order valence-electron chi connectivity index (χ2n) is 3.68. The van der Waals surface area contributed by atoms with Crippen LogP contribution in [-0.4, -0.2) is 30.1 Å². The minimum absolute atomic E-state index is 0.491. The summed E-state index contributed by atoms with van der Waals surface area (Å²) in [6, 6.07) is 2.51. The van der Waals surface area contributed by atoms with Gasteiger partial charge < -0.3 is 4.90 Å². The SMILES string of the molecule is CSCC(C)N(C)c1nccc(C)c1Br. The quantitative estimate of drug-likeness (QED) is 0.845. The first-order chi connectivity index (χ1) is 7.07. The largest absolute Gasteiger partial charge is 0.355 e. The van der Waals surface area contributed by atoms with Gasteiger partial charge in [-0.2, -0.15) is 11.8 Å². The number of rotatable bonds is 4. The predicted molar refractivity (Wildman–Crippen MR) is 72.9 cm³/mol. The molecule has 1 aromatic rings. The normalized spacial score (nSPS) is 12.6. The van der Waals surface area contributed by atoms with Crippen LogP contribution in [0.3, 0.4) is 0 Å². The summed E-state index contributed by atoms with van der Waals surface area (Å²) in [6.07, 6.45) is 3.99. The number of anilines is 1. The van der Waals surface area contributed by atoms with Crippen LogP contribution in [0.25, 0.3) is 0 Å². The van der Waals surface area contributed by atoms with Gasteiger partial charge in [0.2, 0.25) is 0 Å². The maximum Gasteiger partial charge on any atom is 0.143 e. The van der Waals surface area contributed by atoms with E-state index >= 15 is 0 Å². The summed E-state index contributed by atoms with van der Waals surface area (Å²) in [6.45, 7) is 4.30. The summed E-state index contributed by atoms with van der Waals surface area (Å²) in [5.41, 5.74) is 1.23. The monoisotopic (exact) mass is 288 g/mol. The van der Waals surface area contributed by atoms with Crippen LogP contribution < -0.4 is 4.90 Å². The van der Waals surface area contributed by atoms with Gasteiger partial charge in [0, 0.05) is 25.0 Å². The molecular weight excluding hydrogens is 272 g/mol. The Morgan fingerprint density at radius 1 is 1.60 bits per heavy atom. The van der Waals surface area contributed by atoms with E-state index in [1.54, 1.807) is 0 Å². The van der Waals surface area contributed by atoms with Crippen LogP contribution in [0.1, 0.15) is 12.5 Å². The minimum atomic E-state index is 0.491. The number of aromatic nitrogens is 1. The van der Waals surface area contributed by atoms with Crippen molar-refractivity contribution in [1.82, 2.24) is 4.98 Å². The molecule has 0 bridgehead atoms. The zero-order valence-electron chi connectivity index (χ0n) is 9.62. The van der Waals surface area contributed by atoms with Crippen LogP contribution in [0, 0.1) is 6.92 Å². The maximum atomic E-state index is 4.41. The molecule has 0 aliphatic carbocycles. The molecule has 4 heteroatoms. The van der Waals surface area contributed by atoms with Crippen molar-refractivity contribution in [2.24, 2.45) is 0 Å². The number of hydrogen-bond donors (Lipinski definition) is 0. The van der Waals surface area contributed by atoms with Crippen LogP contribution in [-0.2, 0) is 0 Å². The van der Waals surface area contributed by atoms with Crippen molar-refractivity contribution in [1.29, 1.82) is 0 Å². The lowest BCUT2D eigenvalue weighted by atomic mass is 10.2. The van der Waals surface area contributed by atoms with E-state index in [0.717, 1.165) is 16.0 Å². The van der Waals surface area contributed by atoms with Gasteiger partial charge in [-0.1, -0.05) is 0 Å². The highest BCUT2D eigenvalue weighted by molar-refractivity contribution is 9.10. The molecule has 0 N–H and O–H groups in total. The molecule has 0 spiro atoms. The summed E-state index contributed by atoms with van der Waals surface area (Å²) < 4.78 is 1.10. The smallest absolute Gasteiger partial charge is 0.143 e. The summed E-state index contributed by atoms with van der Waals surface area (Å²) in [7, 11) is 2.09. The van der Waals surface area contributed by atoms with Crippen LogP contribution in [0.15, 0.2) is 16.7 Å². The minimum Gasteiger partial charge on any atom is -0.355 e. The van der Waals surface area contributed by atoms with Gasteiger partial charge in [0.05, 0.1) is 4.47 Å². The molecule has 0 aliphatic heterocycles. The molecule has 2 nitrogen and oxygen atoms in total. The molecular formula is C11H17BrN2S. The average molecular weight is 289 g/mol. The number of aryl methyl sites for hydroxylation is 1. The Bertz CT molecular complexity index is 330. The summed E-state index contributed by atoms with van der Waals surface area (Å²) in [4.78, 5) is 6.63. The van der Waals surface area contributed by atoms with Crippen LogP contribution in [0.4, 0.5) is 5.82 Å². The number of hydrogen-bond acceptors (Lipinski definition) is 3. The van der Waals surface area contributed by atoms with E-state index in [4.69, 9.17) is 0 Å². The fraction of sp³-hybridized carbons (Fsp3) is 0.545. The van der Waals surface area contributed by atoms with Crippen molar-refractivity contribution in [2.75, 3.05) is 24.0 Å². The molecule has 0 radical (unpaired) electrons. The maximum absolute atomic E-state index is 4.41. The lowest BCUT2D eigenvalue weighted by molar-refractivity contribution is 0.751. The van der Waals surface area contributed by atoms with Crippen molar-refractivity contribution in [3.05, 3.63) is 22.3 Å². The molecule has 0 fully saturated rings. The van der Waals surface area contributed by atoms with Gasteiger partial charge >= 0.3 is 0 Å². The van der Waals surface area contributed by atoms with E-state index in [1.165, 1.54) is 5.56 Å². The van der Waals surface area contributed by atoms with Gasteiger partial charge in [-0.15, -0.1) is 0 Å². The number of halogens is 1. The Kier molecular flexibility index (Phi) is 4.93. The average Bonchev–Trinajstić information content (AvgIpc) is 2.21. The van der Waals surface area contributed by atoms with Gasteiger partial charge in [0.15, 0.2) is 0 Å².